The van der Waals surface area contributed by atoms with Gasteiger partial charge in [0, 0.05) is 12.6 Å². The molecule has 1 aromatic rings. The Morgan fingerprint density at radius 3 is 3.00 bits per heavy atom. The lowest BCUT2D eigenvalue weighted by molar-refractivity contribution is -0.0632. The molecule has 92 valence electrons. The molecule has 17 heavy (non-hydrogen) atoms. The normalized spacial score (nSPS) is 23.2. The quantitative estimate of drug-likeness (QED) is 0.871. The summed E-state index contributed by atoms with van der Waals surface area (Å²) in [6.45, 7) is 5.69. The van der Waals surface area contributed by atoms with E-state index < -0.39 is 0 Å². The van der Waals surface area contributed by atoms with Crippen LogP contribution in [0.1, 0.15) is 38.2 Å². The largest absolute Gasteiger partial charge is 0.449 e. The summed E-state index contributed by atoms with van der Waals surface area (Å²) in [7, 11) is 0. The molecule has 1 fully saturated rings. The Bertz CT molecular complexity index is 417. The maximum Gasteiger partial charge on any atom is 0.203 e. The Kier molecular flexibility index (Phi) is 3.51. The van der Waals surface area contributed by atoms with Gasteiger partial charge in [0.15, 0.2) is 0 Å². The number of nitriles is 1. The molecule has 0 amide bonds. The van der Waals surface area contributed by atoms with Gasteiger partial charge < -0.3 is 14.5 Å². The standard InChI is InChI=1S/C13H18N2O2/c1-13(2)7-10(5-6-16-13)15-9-12-4-3-11(8-14)17-12/h3-4,10,15H,5-7,9H2,1-2H3. The van der Waals surface area contributed by atoms with Crippen LogP contribution in [0.2, 0.25) is 0 Å². The third-order valence-corrected chi connectivity index (χ3v) is 3.03. The third-order valence-electron chi connectivity index (χ3n) is 3.03. The van der Waals surface area contributed by atoms with Crippen LogP contribution >= 0.6 is 0 Å². The van der Waals surface area contributed by atoms with Crippen LogP contribution in [0.4, 0.5) is 0 Å². The van der Waals surface area contributed by atoms with Crippen molar-refractivity contribution < 1.29 is 9.15 Å². The van der Waals surface area contributed by atoms with Crippen molar-refractivity contribution in [1.29, 1.82) is 5.26 Å². The van der Waals surface area contributed by atoms with Crippen molar-refractivity contribution >= 4 is 0 Å². The molecule has 0 radical (unpaired) electrons. The number of hydrogen-bond acceptors (Lipinski definition) is 4. The minimum absolute atomic E-state index is 0.0447. The van der Waals surface area contributed by atoms with Gasteiger partial charge in [-0.15, -0.1) is 0 Å². The highest BCUT2D eigenvalue weighted by Gasteiger charge is 2.28. The van der Waals surface area contributed by atoms with Crippen molar-refractivity contribution in [2.75, 3.05) is 6.61 Å². The van der Waals surface area contributed by atoms with E-state index in [1.54, 1.807) is 6.07 Å². The zero-order chi connectivity index (χ0) is 12.3. The van der Waals surface area contributed by atoms with Crippen molar-refractivity contribution in [3.8, 4) is 6.07 Å². The summed E-state index contributed by atoms with van der Waals surface area (Å²) in [5.74, 6) is 1.18. The van der Waals surface area contributed by atoms with Crippen LogP contribution in [0.3, 0.4) is 0 Å². The summed E-state index contributed by atoms with van der Waals surface area (Å²) < 4.78 is 11.0. The number of ether oxygens (including phenoxy) is 1. The fraction of sp³-hybridized carbons (Fsp3) is 0.615. The van der Waals surface area contributed by atoms with E-state index >= 15 is 0 Å². The Labute approximate surface area is 102 Å². The Morgan fingerprint density at radius 1 is 1.53 bits per heavy atom. The minimum atomic E-state index is -0.0447. The zero-order valence-electron chi connectivity index (χ0n) is 10.3. The van der Waals surface area contributed by atoms with E-state index in [1.807, 2.05) is 12.1 Å². The van der Waals surface area contributed by atoms with E-state index in [9.17, 15) is 0 Å². The molecule has 1 aliphatic heterocycles. The van der Waals surface area contributed by atoms with Gasteiger partial charge in [-0.05, 0) is 38.8 Å². The van der Waals surface area contributed by atoms with Gasteiger partial charge in [0.1, 0.15) is 11.8 Å². The predicted molar refractivity (Wildman–Crippen MR) is 63.3 cm³/mol. The van der Waals surface area contributed by atoms with Crippen molar-refractivity contribution in [2.45, 2.75) is 44.9 Å². The monoisotopic (exact) mass is 234 g/mol. The molecule has 1 atom stereocenters. The Balaban J connectivity index is 1.84. The van der Waals surface area contributed by atoms with Gasteiger partial charge in [-0.1, -0.05) is 0 Å². The smallest absolute Gasteiger partial charge is 0.203 e. The highest BCUT2D eigenvalue weighted by atomic mass is 16.5. The molecule has 0 aliphatic carbocycles. The molecule has 0 saturated carbocycles. The second kappa shape index (κ2) is 4.91. The van der Waals surface area contributed by atoms with Crippen LogP contribution in [0.5, 0.6) is 0 Å². The van der Waals surface area contributed by atoms with Gasteiger partial charge in [0.2, 0.25) is 5.76 Å². The van der Waals surface area contributed by atoms with Crippen LogP contribution < -0.4 is 5.32 Å². The molecule has 2 heterocycles. The highest BCUT2D eigenvalue weighted by Crippen LogP contribution is 2.24. The SMILES string of the molecule is CC1(C)CC(NCc2ccc(C#N)o2)CCO1. The fourth-order valence-corrected chi connectivity index (χ4v) is 2.18. The molecular formula is C13H18N2O2. The summed E-state index contributed by atoms with van der Waals surface area (Å²) in [5.41, 5.74) is -0.0447. The molecule has 1 aliphatic rings. The second-order valence-corrected chi connectivity index (χ2v) is 5.06. The number of nitrogens with zero attached hydrogens (tertiary/aromatic N) is 1. The molecule has 1 N–H and O–H groups in total. The average Bonchev–Trinajstić information content (AvgIpc) is 2.73. The fourth-order valence-electron chi connectivity index (χ4n) is 2.18. The summed E-state index contributed by atoms with van der Waals surface area (Å²) >= 11 is 0. The van der Waals surface area contributed by atoms with Crippen molar-refractivity contribution in [1.82, 2.24) is 5.32 Å². The summed E-state index contributed by atoms with van der Waals surface area (Å²) in [5, 5.41) is 12.1. The van der Waals surface area contributed by atoms with Gasteiger partial charge in [0.25, 0.3) is 0 Å². The first-order chi connectivity index (χ1) is 8.09. The van der Waals surface area contributed by atoms with E-state index in [-0.39, 0.29) is 5.60 Å². The first-order valence-corrected chi connectivity index (χ1v) is 5.95. The molecule has 0 aromatic carbocycles. The molecule has 2 rings (SSSR count). The molecule has 1 aromatic heterocycles. The average molecular weight is 234 g/mol. The van der Waals surface area contributed by atoms with E-state index in [2.05, 4.69) is 19.2 Å². The Hall–Kier alpha value is -1.31. The summed E-state index contributed by atoms with van der Waals surface area (Å²) in [6.07, 6.45) is 2.02. The lowest BCUT2D eigenvalue weighted by Gasteiger charge is -2.35. The number of rotatable bonds is 3. The van der Waals surface area contributed by atoms with Crippen molar-refractivity contribution in [3.63, 3.8) is 0 Å². The zero-order valence-corrected chi connectivity index (χ0v) is 10.3. The van der Waals surface area contributed by atoms with Gasteiger partial charge in [-0.25, -0.2) is 0 Å². The number of furan rings is 1. The topological polar surface area (TPSA) is 58.2 Å². The van der Waals surface area contributed by atoms with Crippen LogP contribution in [-0.4, -0.2) is 18.2 Å². The number of hydrogen-bond donors (Lipinski definition) is 1. The van der Waals surface area contributed by atoms with Gasteiger partial charge in [-0.3, -0.25) is 0 Å². The summed E-state index contributed by atoms with van der Waals surface area (Å²) in [6, 6.07) is 5.98. The van der Waals surface area contributed by atoms with Gasteiger partial charge in [0.05, 0.1) is 12.1 Å². The summed E-state index contributed by atoms with van der Waals surface area (Å²) in [4.78, 5) is 0. The van der Waals surface area contributed by atoms with E-state index in [0.29, 0.717) is 18.3 Å². The van der Waals surface area contributed by atoms with Crippen LogP contribution in [0, 0.1) is 11.3 Å². The molecule has 4 heteroatoms. The van der Waals surface area contributed by atoms with Crippen molar-refractivity contribution in [3.05, 3.63) is 23.7 Å². The first-order valence-electron chi connectivity index (χ1n) is 5.95. The van der Waals surface area contributed by atoms with Gasteiger partial charge in [-0.2, -0.15) is 5.26 Å². The minimum Gasteiger partial charge on any atom is -0.449 e. The molecule has 1 saturated heterocycles. The first kappa shape index (κ1) is 12.2. The third kappa shape index (κ3) is 3.32. The van der Waals surface area contributed by atoms with Crippen LogP contribution in [0.15, 0.2) is 16.5 Å². The predicted octanol–water partition coefficient (Wildman–Crippen LogP) is 2.20. The van der Waals surface area contributed by atoms with E-state index in [1.165, 1.54) is 0 Å². The van der Waals surface area contributed by atoms with E-state index in [0.717, 1.165) is 25.2 Å². The van der Waals surface area contributed by atoms with Crippen molar-refractivity contribution in [2.24, 2.45) is 0 Å². The highest BCUT2D eigenvalue weighted by molar-refractivity contribution is 5.19. The van der Waals surface area contributed by atoms with Crippen LogP contribution in [-0.2, 0) is 11.3 Å². The molecule has 1 unspecified atom stereocenters. The lowest BCUT2D eigenvalue weighted by atomic mass is 9.94. The number of nitrogens with one attached hydrogen (secondary N) is 1. The molecule has 4 nitrogen and oxygen atoms in total. The second-order valence-electron chi connectivity index (χ2n) is 5.06. The molecular weight excluding hydrogens is 216 g/mol. The molecule has 0 spiro atoms. The van der Waals surface area contributed by atoms with Crippen LogP contribution in [0.25, 0.3) is 0 Å². The van der Waals surface area contributed by atoms with E-state index in [4.69, 9.17) is 14.4 Å². The molecule has 0 bridgehead atoms. The Morgan fingerprint density at radius 2 is 2.35 bits per heavy atom. The maximum atomic E-state index is 8.66. The van der Waals surface area contributed by atoms with Gasteiger partial charge >= 0.3 is 0 Å². The maximum absolute atomic E-state index is 8.66. The lowest BCUT2D eigenvalue weighted by Crippen LogP contribution is -2.43.